The molecule has 0 spiro atoms. The second kappa shape index (κ2) is 8.39. The van der Waals surface area contributed by atoms with Gasteiger partial charge in [-0.2, -0.15) is 0 Å². The van der Waals surface area contributed by atoms with Gasteiger partial charge >= 0.3 is 5.97 Å². The summed E-state index contributed by atoms with van der Waals surface area (Å²) in [4.78, 5) is 46.6. The fourth-order valence-corrected chi connectivity index (χ4v) is 2.57. The number of carbonyl (C=O) groups is 3. The minimum atomic E-state index is -1.12. The van der Waals surface area contributed by atoms with Gasteiger partial charge in [-0.05, 0) is 19.1 Å². The lowest BCUT2D eigenvalue weighted by Gasteiger charge is -2.35. The number of non-ortho nitro benzene ring substituents is 1. The Morgan fingerprint density at radius 2 is 1.96 bits per heavy atom. The number of carboxylic acid groups (broad SMARTS) is 1. The van der Waals surface area contributed by atoms with E-state index < -0.39 is 22.9 Å². The number of nitrogens with zero attached hydrogens (tertiary/aromatic N) is 2. The maximum absolute atomic E-state index is 12.2. The molecule has 1 aliphatic rings. The van der Waals surface area contributed by atoms with Crippen LogP contribution in [0.4, 0.5) is 5.69 Å². The minimum Gasteiger partial charge on any atom is -0.479 e. The molecular formula is C16H19N3O7. The fourth-order valence-electron chi connectivity index (χ4n) is 2.57. The van der Waals surface area contributed by atoms with Gasteiger partial charge in [-0.25, -0.2) is 4.79 Å². The lowest BCUT2D eigenvalue weighted by molar-refractivity contribution is -0.384. The van der Waals surface area contributed by atoms with Crippen molar-refractivity contribution >= 4 is 23.5 Å². The molecule has 0 aromatic heterocycles. The maximum atomic E-state index is 12.2. The summed E-state index contributed by atoms with van der Waals surface area (Å²) in [7, 11) is 0. The molecule has 1 unspecified atom stereocenters. The van der Waals surface area contributed by atoms with Crippen LogP contribution in [-0.4, -0.2) is 64.6 Å². The number of nitro groups is 1. The number of hydrogen-bond donors (Lipinski definition) is 2. The number of aliphatic carboxylic acids is 1. The van der Waals surface area contributed by atoms with Gasteiger partial charge in [-0.3, -0.25) is 19.7 Å². The first-order chi connectivity index (χ1) is 12.3. The molecule has 10 heteroatoms. The van der Waals surface area contributed by atoms with E-state index in [1.807, 2.05) is 0 Å². The quantitative estimate of drug-likeness (QED) is 0.550. The Bertz CT molecular complexity index is 704. The van der Waals surface area contributed by atoms with Crippen LogP contribution >= 0.6 is 0 Å². The van der Waals surface area contributed by atoms with Gasteiger partial charge in [0.15, 0.2) is 6.10 Å². The van der Waals surface area contributed by atoms with Crippen LogP contribution in [0, 0.1) is 10.1 Å². The zero-order valence-corrected chi connectivity index (χ0v) is 14.1. The molecule has 2 amide bonds. The normalized spacial score (nSPS) is 19.7. The Kier molecular flexibility index (Phi) is 6.23. The predicted molar refractivity (Wildman–Crippen MR) is 88.6 cm³/mol. The molecule has 2 N–H and O–H groups in total. The van der Waals surface area contributed by atoms with E-state index in [0.717, 1.165) is 0 Å². The van der Waals surface area contributed by atoms with Crippen molar-refractivity contribution < 1.29 is 29.2 Å². The number of carboxylic acids is 1. The third-order valence-corrected chi connectivity index (χ3v) is 3.85. The van der Waals surface area contributed by atoms with Crippen molar-refractivity contribution in [2.75, 3.05) is 19.6 Å². The van der Waals surface area contributed by atoms with Crippen LogP contribution in [0.5, 0.6) is 0 Å². The number of morpholine rings is 1. The summed E-state index contributed by atoms with van der Waals surface area (Å²) in [6.45, 7) is 2.01. The van der Waals surface area contributed by atoms with Gasteiger partial charge in [0.05, 0.1) is 17.6 Å². The van der Waals surface area contributed by atoms with Crippen molar-refractivity contribution in [3.63, 3.8) is 0 Å². The van der Waals surface area contributed by atoms with Crippen molar-refractivity contribution in [2.24, 2.45) is 0 Å². The van der Waals surface area contributed by atoms with Gasteiger partial charge < -0.3 is 20.1 Å². The summed E-state index contributed by atoms with van der Waals surface area (Å²) >= 11 is 0. The number of nitrogens with one attached hydrogen (secondary N) is 1. The van der Waals surface area contributed by atoms with Crippen molar-refractivity contribution in [1.82, 2.24) is 10.2 Å². The molecule has 140 valence electrons. The molecule has 1 aromatic carbocycles. The molecule has 1 aromatic rings. The van der Waals surface area contributed by atoms with E-state index in [1.54, 1.807) is 6.92 Å². The molecule has 1 fully saturated rings. The minimum absolute atomic E-state index is 0.0117. The van der Waals surface area contributed by atoms with Crippen LogP contribution in [0.3, 0.4) is 0 Å². The smallest absolute Gasteiger partial charge is 0.334 e. The van der Waals surface area contributed by atoms with Gasteiger partial charge in [-0.1, -0.05) is 0 Å². The van der Waals surface area contributed by atoms with Crippen LogP contribution in [0.2, 0.25) is 0 Å². The van der Waals surface area contributed by atoms with Gasteiger partial charge in [0.25, 0.3) is 11.6 Å². The topological polar surface area (TPSA) is 139 Å². The molecule has 1 heterocycles. The van der Waals surface area contributed by atoms with Crippen LogP contribution < -0.4 is 5.32 Å². The van der Waals surface area contributed by atoms with Crippen LogP contribution in [0.1, 0.15) is 23.7 Å². The van der Waals surface area contributed by atoms with Crippen molar-refractivity contribution in [3.8, 4) is 0 Å². The zero-order valence-electron chi connectivity index (χ0n) is 14.1. The molecule has 2 rings (SSSR count). The van der Waals surface area contributed by atoms with Crippen molar-refractivity contribution in [1.29, 1.82) is 0 Å². The van der Waals surface area contributed by atoms with Gasteiger partial charge in [-0.15, -0.1) is 0 Å². The number of amides is 2. The third kappa shape index (κ3) is 4.99. The summed E-state index contributed by atoms with van der Waals surface area (Å²) < 4.78 is 5.24. The van der Waals surface area contributed by atoms with E-state index in [2.05, 4.69) is 5.32 Å². The highest BCUT2D eigenvalue weighted by molar-refractivity contribution is 5.94. The highest BCUT2D eigenvalue weighted by Gasteiger charge is 2.32. The number of carbonyl (C=O) groups excluding carboxylic acids is 2. The summed E-state index contributed by atoms with van der Waals surface area (Å²) in [6.07, 6.45) is -1.43. The summed E-state index contributed by atoms with van der Waals surface area (Å²) in [6, 6.07) is 5.11. The Morgan fingerprint density at radius 1 is 1.31 bits per heavy atom. The second-order valence-corrected chi connectivity index (χ2v) is 5.88. The summed E-state index contributed by atoms with van der Waals surface area (Å²) in [5.74, 6) is -1.86. The SMILES string of the molecule is C[C@@H]1CN(C(=O)CCNC(=O)c2ccc([N+](=O)[O-])cc2)CC(C(=O)O)O1. The van der Waals surface area contributed by atoms with Crippen molar-refractivity contribution in [3.05, 3.63) is 39.9 Å². The number of rotatable bonds is 6. The first kappa shape index (κ1) is 19.3. The third-order valence-electron chi connectivity index (χ3n) is 3.85. The van der Waals surface area contributed by atoms with E-state index in [1.165, 1.54) is 29.2 Å². The first-order valence-electron chi connectivity index (χ1n) is 7.96. The summed E-state index contributed by atoms with van der Waals surface area (Å²) in [5, 5.41) is 22.2. The van der Waals surface area contributed by atoms with E-state index in [-0.39, 0.29) is 42.8 Å². The molecule has 1 saturated heterocycles. The molecule has 26 heavy (non-hydrogen) atoms. The standard InChI is InChI=1S/C16H19N3O7/c1-10-8-18(9-13(26-10)16(22)23)14(20)6-7-17-15(21)11-2-4-12(5-3-11)19(24)25/h2-5,10,13H,6-9H2,1H3,(H,17,21)(H,22,23)/t10-,13?/m1/s1. The molecule has 0 saturated carbocycles. The molecule has 0 aliphatic carbocycles. The van der Waals surface area contributed by atoms with Gasteiger partial charge in [0.1, 0.15) is 0 Å². The van der Waals surface area contributed by atoms with Crippen LogP contribution in [0.25, 0.3) is 0 Å². The number of hydrogen-bond acceptors (Lipinski definition) is 6. The zero-order chi connectivity index (χ0) is 19.3. The number of nitro benzene ring substituents is 1. The highest BCUT2D eigenvalue weighted by atomic mass is 16.6. The largest absolute Gasteiger partial charge is 0.479 e. The average molecular weight is 365 g/mol. The van der Waals surface area contributed by atoms with Crippen LogP contribution in [-0.2, 0) is 14.3 Å². The first-order valence-corrected chi connectivity index (χ1v) is 7.96. The lowest BCUT2D eigenvalue weighted by Crippen LogP contribution is -2.52. The van der Waals surface area contributed by atoms with E-state index in [4.69, 9.17) is 9.84 Å². The second-order valence-electron chi connectivity index (χ2n) is 5.88. The molecule has 0 radical (unpaired) electrons. The summed E-state index contributed by atoms with van der Waals surface area (Å²) in [5.41, 5.74) is 0.125. The molecule has 0 bridgehead atoms. The van der Waals surface area contributed by atoms with Crippen LogP contribution in [0.15, 0.2) is 24.3 Å². The van der Waals surface area contributed by atoms with E-state index in [0.29, 0.717) is 6.54 Å². The monoisotopic (exact) mass is 365 g/mol. The Labute approximate surface area is 148 Å². The van der Waals surface area contributed by atoms with E-state index in [9.17, 15) is 24.5 Å². The van der Waals surface area contributed by atoms with Gasteiger partial charge in [0.2, 0.25) is 5.91 Å². The average Bonchev–Trinajstić information content (AvgIpc) is 2.60. The molecular weight excluding hydrogens is 346 g/mol. The molecule has 10 nitrogen and oxygen atoms in total. The Balaban J connectivity index is 1.82. The lowest BCUT2D eigenvalue weighted by atomic mass is 10.2. The molecule has 1 aliphatic heterocycles. The molecule has 2 atom stereocenters. The predicted octanol–water partition coefficient (Wildman–Crippen LogP) is 0.415. The van der Waals surface area contributed by atoms with E-state index >= 15 is 0 Å². The van der Waals surface area contributed by atoms with Crippen molar-refractivity contribution in [2.45, 2.75) is 25.6 Å². The number of benzene rings is 1. The highest BCUT2D eigenvalue weighted by Crippen LogP contribution is 2.13. The maximum Gasteiger partial charge on any atom is 0.334 e. The fraction of sp³-hybridized carbons (Fsp3) is 0.438. The Hall–Kier alpha value is -3.01. The number of ether oxygens (including phenoxy) is 1. The Morgan fingerprint density at radius 3 is 2.54 bits per heavy atom. The van der Waals surface area contributed by atoms with Gasteiger partial charge in [0, 0.05) is 37.2 Å².